The molecule has 1 saturated heterocycles. The van der Waals surface area contributed by atoms with Crippen LogP contribution < -0.4 is 10.5 Å². The first-order chi connectivity index (χ1) is 21.7. The second-order valence-electron chi connectivity index (χ2n) is 12.8. The summed E-state index contributed by atoms with van der Waals surface area (Å²) in [5.74, 6) is 0.425. The number of halogens is 2. The number of ether oxygens (including phenoxy) is 1. The van der Waals surface area contributed by atoms with Crippen molar-refractivity contribution in [3.8, 4) is 28.5 Å². The first-order valence-corrected chi connectivity index (χ1v) is 15.5. The molecular formula is C34H34F2N6O3. The molecule has 1 amide bonds. The molecule has 3 atom stereocenters. The minimum absolute atomic E-state index is 0.0245. The molecule has 9 nitrogen and oxygen atoms in total. The van der Waals surface area contributed by atoms with E-state index in [1.165, 1.54) is 0 Å². The second kappa shape index (κ2) is 10.3. The fourth-order valence-electron chi connectivity index (χ4n) is 7.42. The molecule has 45 heavy (non-hydrogen) atoms. The number of carbonyl (C=O) groups excluding carboxylic acids is 1. The summed E-state index contributed by atoms with van der Waals surface area (Å²) in [5, 5.41) is 10.2. The molecule has 232 valence electrons. The van der Waals surface area contributed by atoms with Crippen molar-refractivity contribution in [1.82, 2.24) is 24.0 Å². The van der Waals surface area contributed by atoms with Crippen molar-refractivity contribution in [2.75, 3.05) is 13.7 Å². The third-order valence-corrected chi connectivity index (χ3v) is 9.97. The number of likely N-dealkylation sites (tertiary alicyclic amines) is 1. The molecule has 3 aliphatic rings. The Morgan fingerprint density at radius 3 is 2.49 bits per heavy atom. The van der Waals surface area contributed by atoms with Gasteiger partial charge in [0.2, 0.25) is 0 Å². The number of aliphatic hydroxyl groups excluding tert-OH is 1. The quantitative estimate of drug-likeness (QED) is 0.268. The van der Waals surface area contributed by atoms with Gasteiger partial charge in [0.1, 0.15) is 28.5 Å². The van der Waals surface area contributed by atoms with Gasteiger partial charge in [0.05, 0.1) is 36.2 Å². The number of methoxy groups -OCH3 is 1. The van der Waals surface area contributed by atoms with E-state index in [0.29, 0.717) is 53.2 Å². The van der Waals surface area contributed by atoms with E-state index in [0.717, 1.165) is 54.4 Å². The van der Waals surface area contributed by atoms with Crippen molar-refractivity contribution >= 4 is 28.0 Å². The number of amides is 1. The van der Waals surface area contributed by atoms with Gasteiger partial charge in [0, 0.05) is 43.2 Å². The highest BCUT2D eigenvalue weighted by Crippen LogP contribution is 2.40. The summed E-state index contributed by atoms with van der Waals surface area (Å²) in [6, 6.07) is 11.4. The van der Waals surface area contributed by atoms with Crippen LogP contribution in [0.3, 0.4) is 0 Å². The van der Waals surface area contributed by atoms with Gasteiger partial charge in [0.25, 0.3) is 5.91 Å². The molecule has 3 N–H and O–H groups in total. The smallest absolute Gasteiger partial charge is 0.254 e. The third-order valence-electron chi connectivity index (χ3n) is 9.97. The molecule has 3 fully saturated rings. The van der Waals surface area contributed by atoms with E-state index in [-0.39, 0.29) is 34.8 Å². The number of aromatic nitrogens is 4. The number of hydrogen-bond acceptors (Lipinski definition) is 6. The molecule has 2 unspecified atom stereocenters. The predicted octanol–water partition coefficient (Wildman–Crippen LogP) is 5.01. The summed E-state index contributed by atoms with van der Waals surface area (Å²) < 4.78 is 39.9. The Morgan fingerprint density at radius 2 is 1.84 bits per heavy atom. The van der Waals surface area contributed by atoms with E-state index < -0.39 is 18.2 Å². The highest BCUT2D eigenvalue weighted by molar-refractivity contribution is 6.00. The molecule has 2 bridgehead atoms. The Bertz CT molecular complexity index is 1990. The average Bonchev–Trinajstić information content (AvgIpc) is 3.44. The van der Waals surface area contributed by atoms with Crippen LogP contribution in [0, 0.1) is 23.5 Å². The van der Waals surface area contributed by atoms with Gasteiger partial charge in [-0.25, -0.2) is 18.7 Å². The molecule has 0 radical (unpaired) electrons. The van der Waals surface area contributed by atoms with E-state index in [4.69, 9.17) is 20.4 Å². The molecule has 2 saturated carbocycles. The van der Waals surface area contributed by atoms with Crippen molar-refractivity contribution in [2.24, 2.45) is 24.6 Å². The van der Waals surface area contributed by atoms with Gasteiger partial charge in [-0.1, -0.05) is 0 Å². The maximum atomic E-state index is 15.0. The summed E-state index contributed by atoms with van der Waals surface area (Å²) in [5.41, 5.74) is 9.83. The van der Waals surface area contributed by atoms with E-state index in [1.807, 2.05) is 34.7 Å². The van der Waals surface area contributed by atoms with Gasteiger partial charge in [0.15, 0.2) is 5.82 Å². The number of hydrogen-bond donors (Lipinski definition) is 2. The second-order valence-corrected chi connectivity index (χ2v) is 12.8. The molecule has 2 aromatic carbocycles. The molecular weight excluding hydrogens is 578 g/mol. The predicted molar refractivity (Wildman–Crippen MR) is 166 cm³/mol. The number of pyridine rings is 1. The number of imidazole rings is 1. The summed E-state index contributed by atoms with van der Waals surface area (Å²) in [4.78, 5) is 25.4. The Morgan fingerprint density at radius 1 is 1.07 bits per heavy atom. The van der Waals surface area contributed by atoms with Gasteiger partial charge < -0.3 is 29.6 Å². The number of carbonyl (C=O) groups is 1. The van der Waals surface area contributed by atoms with Crippen LogP contribution in [0.25, 0.3) is 44.8 Å². The van der Waals surface area contributed by atoms with Crippen LogP contribution in [0.1, 0.15) is 41.6 Å². The summed E-state index contributed by atoms with van der Waals surface area (Å²) in [6.07, 6.45) is 4.18. The third kappa shape index (κ3) is 4.43. The number of benzene rings is 2. The van der Waals surface area contributed by atoms with Crippen LogP contribution in [-0.4, -0.2) is 60.8 Å². The number of rotatable bonds is 7. The van der Waals surface area contributed by atoms with Crippen molar-refractivity contribution in [2.45, 2.75) is 50.9 Å². The van der Waals surface area contributed by atoms with E-state index >= 15 is 8.78 Å². The minimum atomic E-state index is -0.775. The fourth-order valence-corrected chi connectivity index (χ4v) is 7.42. The number of fused-ring (bicyclic) bond motifs is 4. The van der Waals surface area contributed by atoms with Crippen molar-refractivity contribution in [1.29, 1.82) is 0 Å². The van der Waals surface area contributed by atoms with Crippen molar-refractivity contribution in [3.05, 3.63) is 65.2 Å². The normalized spacial score (nSPS) is 21.0. The van der Waals surface area contributed by atoms with Gasteiger partial charge in [-0.05, 0) is 85.5 Å². The Labute approximate surface area is 258 Å². The number of piperidine rings is 1. The lowest BCUT2D eigenvalue weighted by molar-refractivity contribution is 0.0700. The molecule has 8 rings (SSSR count). The standard InChI is InChI=1S/C34H34F2N6O3/c1-40-31-25(11-21(13-28(31)45-2)34(44)42-15-20-6-8-26(42)30(20)37)39-33(40)27-12-19-5-7-24(38-32(19)41(27)14-17-3-4-17)29-22(35)9-18(16-43)10-23(29)36/h5,7,9-13,17,20,26,30,43H,3-4,6,8,14-16,37H2,1-2H3/t20?,26?,30-/m1/s1. The lowest BCUT2D eigenvalue weighted by atomic mass is 10.1. The molecule has 5 aromatic rings. The van der Waals surface area contributed by atoms with Crippen LogP contribution in [0.4, 0.5) is 8.78 Å². The SMILES string of the molecule is COc1cc(C(=O)N2CC3CCC2[C@@H]3N)cc2nc(-c3cc4ccc(-c5c(F)cc(CO)cc5F)nc4n3CC3CC3)n(C)c12. The van der Waals surface area contributed by atoms with Crippen LogP contribution in [-0.2, 0) is 20.2 Å². The van der Waals surface area contributed by atoms with Crippen LogP contribution in [0.5, 0.6) is 5.75 Å². The number of aliphatic hydroxyl groups is 1. The average molecular weight is 613 g/mol. The number of nitrogens with two attached hydrogens (primary N) is 1. The lowest BCUT2D eigenvalue weighted by Gasteiger charge is -2.27. The lowest BCUT2D eigenvalue weighted by Crippen LogP contribution is -2.41. The first-order valence-electron chi connectivity index (χ1n) is 15.5. The molecule has 1 aliphatic heterocycles. The Kier molecular flexibility index (Phi) is 6.47. The molecule has 3 aromatic heterocycles. The van der Waals surface area contributed by atoms with Gasteiger partial charge in [-0.2, -0.15) is 0 Å². The van der Waals surface area contributed by atoms with Gasteiger partial charge in [-0.15, -0.1) is 0 Å². The van der Waals surface area contributed by atoms with Gasteiger partial charge in [-0.3, -0.25) is 4.79 Å². The Hall–Kier alpha value is -4.35. The summed E-state index contributed by atoms with van der Waals surface area (Å²) in [7, 11) is 3.50. The van der Waals surface area contributed by atoms with Crippen LogP contribution in [0.2, 0.25) is 0 Å². The van der Waals surface area contributed by atoms with Crippen LogP contribution >= 0.6 is 0 Å². The molecule has 4 heterocycles. The van der Waals surface area contributed by atoms with Crippen molar-refractivity contribution < 1.29 is 23.4 Å². The van der Waals surface area contributed by atoms with Crippen molar-refractivity contribution in [3.63, 3.8) is 0 Å². The number of nitrogens with zero attached hydrogens (tertiary/aromatic N) is 5. The zero-order valence-electron chi connectivity index (χ0n) is 25.1. The maximum absolute atomic E-state index is 15.0. The molecule has 11 heteroatoms. The van der Waals surface area contributed by atoms with Gasteiger partial charge >= 0.3 is 0 Å². The van der Waals surface area contributed by atoms with E-state index in [2.05, 4.69) is 4.57 Å². The minimum Gasteiger partial charge on any atom is -0.494 e. The van der Waals surface area contributed by atoms with E-state index in [9.17, 15) is 9.90 Å². The Balaban J connectivity index is 1.24. The van der Waals surface area contributed by atoms with Crippen LogP contribution in [0.15, 0.2) is 42.5 Å². The fraction of sp³-hybridized carbons (Fsp3) is 0.382. The zero-order valence-corrected chi connectivity index (χ0v) is 25.1. The summed E-state index contributed by atoms with van der Waals surface area (Å²) in [6.45, 7) is 0.902. The zero-order chi connectivity index (χ0) is 31.1. The molecule has 0 spiro atoms. The van der Waals surface area contributed by atoms with E-state index in [1.54, 1.807) is 19.2 Å². The first kappa shape index (κ1) is 28.1. The largest absolute Gasteiger partial charge is 0.494 e. The topological polar surface area (TPSA) is 111 Å². The monoisotopic (exact) mass is 612 g/mol. The number of aryl methyl sites for hydroxylation is 1. The summed E-state index contributed by atoms with van der Waals surface area (Å²) >= 11 is 0. The highest BCUT2D eigenvalue weighted by Gasteiger charge is 2.47. The molecule has 2 aliphatic carbocycles. The maximum Gasteiger partial charge on any atom is 0.254 e. The highest BCUT2D eigenvalue weighted by atomic mass is 19.1.